The number of sulfone groups is 1. The molecule has 0 amide bonds. The summed E-state index contributed by atoms with van der Waals surface area (Å²) in [4.78, 5) is 4.07. The zero-order chi connectivity index (χ0) is 11.5. The lowest BCUT2D eigenvalue weighted by Gasteiger charge is -2.09. The van der Waals surface area contributed by atoms with Crippen LogP contribution in [0.15, 0.2) is 23.2 Å². The third-order valence-electron chi connectivity index (χ3n) is 2.26. The van der Waals surface area contributed by atoms with Crippen molar-refractivity contribution in [2.24, 2.45) is 5.73 Å². The molecule has 4 nitrogen and oxygen atoms in total. The average molecular weight is 228 g/mol. The summed E-state index contributed by atoms with van der Waals surface area (Å²) in [6.45, 7) is 3.54. The van der Waals surface area contributed by atoms with E-state index in [-0.39, 0.29) is 16.8 Å². The molecule has 0 aliphatic carbocycles. The van der Waals surface area contributed by atoms with Gasteiger partial charge >= 0.3 is 0 Å². The van der Waals surface area contributed by atoms with Crippen LogP contribution in [0.5, 0.6) is 0 Å². The standard InChI is InChI=1S/C10H16N2O2S/c1-3-8(11)9-6-5-7-10(12-9)15(13,14)4-2/h5-8H,3-4,11H2,1-2H3/t8-/m0/s1. The van der Waals surface area contributed by atoms with Gasteiger partial charge in [0.1, 0.15) is 0 Å². The number of hydrogen-bond acceptors (Lipinski definition) is 4. The van der Waals surface area contributed by atoms with Gasteiger partial charge in [0.25, 0.3) is 0 Å². The lowest BCUT2D eigenvalue weighted by molar-refractivity contribution is 0.590. The van der Waals surface area contributed by atoms with Crippen LogP contribution < -0.4 is 5.73 Å². The molecule has 0 spiro atoms. The highest BCUT2D eigenvalue weighted by atomic mass is 32.2. The van der Waals surface area contributed by atoms with Gasteiger partial charge in [0.05, 0.1) is 11.4 Å². The second-order valence-electron chi connectivity index (χ2n) is 3.32. The molecule has 0 radical (unpaired) electrons. The number of pyridine rings is 1. The predicted molar refractivity (Wildman–Crippen MR) is 59.2 cm³/mol. The third-order valence-corrected chi connectivity index (χ3v) is 3.89. The van der Waals surface area contributed by atoms with Gasteiger partial charge in [-0.05, 0) is 18.6 Å². The second-order valence-corrected chi connectivity index (χ2v) is 5.54. The Morgan fingerprint density at radius 2 is 2.07 bits per heavy atom. The fraction of sp³-hybridized carbons (Fsp3) is 0.500. The molecule has 2 N–H and O–H groups in total. The van der Waals surface area contributed by atoms with Crippen molar-refractivity contribution >= 4 is 9.84 Å². The van der Waals surface area contributed by atoms with Gasteiger partial charge < -0.3 is 5.73 Å². The summed E-state index contributed by atoms with van der Waals surface area (Å²) >= 11 is 0. The van der Waals surface area contributed by atoms with Crippen molar-refractivity contribution in [3.63, 3.8) is 0 Å². The zero-order valence-corrected chi connectivity index (χ0v) is 9.79. The molecule has 1 rings (SSSR count). The Morgan fingerprint density at radius 1 is 1.40 bits per heavy atom. The Kier molecular flexibility index (Phi) is 3.82. The van der Waals surface area contributed by atoms with Crippen molar-refractivity contribution < 1.29 is 8.42 Å². The minimum atomic E-state index is -3.23. The van der Waals surface area contributed by atoms with Gasteiger partial charge in [-0.2, -0.15) is 0 Å². The molecule has 1 atom stereocenters. The molecule has 0 aromatic carbocycles. The molecule has 0 unspecified atom stereocenters. The molecule has 1 aromatic heterocycles. The van der Waals surface area contributed by atoms with E-state index in [1.54, 1.807) is 19.1 Å². The lowest BCUT2D eigenvalue weighted by Crippen LogP contribution is -2.13. The van der Waals surface area contributed by atoms with E-state index >= 15 is 0 Å². The number of hydrogen-bond donors (Lipinski definition) is 1. The molecule has 0 saturated heterocycles. The zero-order valence-electron chi connectivity index (χ0n) is 8.97. The Labute approximate surface area is 90.4 Å². The van der Waals surface area contributed by atoms with Crippen LogP contribution in [0, 0.1) is 0 Å². The van der Waals surface area contributed by atoms with Crippen LogP contribution in [0.2, 0.25) is 0 Å². The van der Waals surface area contributed by atoms with E-state index in [0.29, 0.717) is 5.69 Å². The van der Waals surface area contributed by atoms with Crippen molar-refractivity contribution in [1.82, 2.24) is 4.98 Å². The molecular weight excluding hydrogens is 212 g/mol. The highest BCUT2D eigenvalue weighted by molar-refractivity contribution is 7.91. The molecule has 0 saturated carbocycles. The van der Waals surface area contributed by atoms with Gasteiger partial charge in [-0.3, -0.25) is 0 Å². The molecule has 5 heteroatoms. The molecular formula is C10H16N2O2S. The first-order chi connectivity index (χ1) is 7.01. The van der Waals surface area contributed by atoms with E-state index in [2.05, 4.69) is 4.98 Å². The minimum Gasteiger partial charge on any atom is -0.323 e. The van der Waals surface area contributed by atoms with E-state index in [1.807, 2.05) is 6.92 Å². The van der Waals surface area contributed by atoms with Crippen LogP contribution in [-0.2, 0) is 9.84 Å². The summed E-state index contributed by atoms with van der Waals surface area (Å²) < 4.78 is 23.1. The first kappa shape index (κ1) is 12.1. The summed E-state index contributed by atoms with van der Waals surface area (Å²) in [5.74, 6) is 0.0603. The summed E-state index contributed by atoms with van der Waals surface area (Å²) in [5.41, 5.74) is 6.42. The molecule has 84 valence electrons. The largest absolute Gasteiger partial charge is 0.323 e. The fourth-order valence-electron chi connectivity index (χ4n) is 1.17. The highest BCUT2D eigenvalue weighted by Gasteiger charge is 2.14. The molecule has 1 aromatic rings. The van der Waals surface area contributed by atoms with Crippen molar-refractivity contribution in [2.75, 3.05) is 5.75 Å². The highest BCUT2D eigenvalue weighted by Crippen LogP contribution is 2.14. The molecule has 0 aliphatic rings. The van der Waals surface area contributed by atoms with Gasteiger partial charge in [-0.1, -0.05) is 19.9 Å². The van der Waals surface area contributed by atoms with Crippen molar-refractivity contribution in [3.8, 4) is 0 Å². The van der Waals surface area contributed by atoms with E-state index in [0.717, 1.165) is 6.42 Å². The van der Waals surface area contributed by atoms with E-state index in [9.17, 15) is 8.42 Å². The monoisotopic (exact) mass is 228 g/mol. The van der Waals surface area contributed by atoms with E-state index in [4.69, 9.17) is 5.73 Å². The Morgan fingerprint density at radius 3 is 2.60 bits per heavy atom. The van der Waals surface area contributed by atoms with Crippen molar-refractivity contribution in [3.05, 3.63) is 23.9 Å². The van der Waals surface area contributed by atoms with Crippen LogP contribution in [-0.4, -0.2) is 19.2 Å². The third kappa shape index (κ3) is 2.76. The molecule has 1 heterocycles. The molecule has 0 bridgehead atoms. The quantitative estimate of drug-likeness (QED) is 0.842. The number of rotatable bonds is 4. The van der Waals surface area contributed by atoms with Gasteiger partial charge in [-0.25, -0.2) is 13.4 Å². The molecule has 15 heavy (non-hydrogen) atoms. The minimum absolute atomic E-state index is 0.0603. The smallest absolute Gasteiger partial charge is 0.195 e. The van der Waals surface area contributed by atoms with Crippen LogP contribution in [0.3, 0.4) is 0 Å². The van der Waals surface area contributed by atoms with Gasteiger partial charge in [0, 0.05) is 6.04 Å². The van der Waals surface area contributed by atoms with Crippen LogP contribution >= 0.6 is 0 Å². The van der Waals surface area contributed by atoms with E-state index < -0.39 is 9.84 Å². The molecule has 0 fully saturated rings. The van der Waals surface area contributed by atoms with Crippen LogP contribution in [0.25, 0.3) is 0 Å². The molecule has 0 aliphatic heterocycles. The van der Waals surface area contributed by atoms with Gasteiger partial charge in [-0.15, -0.1) is 0 Å². The number of aromatic nitrogens is 1. The average Bonchev–Trinajstić information content (AvgIpc) is 2.28. The summed E-state index contributed by atoms with van der Waals surface area (Å²) in [5, 5.41) is 0.117. The number of nitrogens with zero attached hydrogens (tertiary/aromatic N) is 1. The Balaban J connectivity index is 3.14. The fourth-order valence-corrected chi connectivity index (χ4v) is 1.99. The predicted octanol–water partition coefficient (Wildman–Crippen LogP) is 1.29. The summed E-state index contributed by atoms with van der Waals surface area (Å²) in [7, 11) is -3.23. The normalized spacial score (nSPS) is 13.8. The SMILES string of the molecule is CC[C@H](N)c1cccc(S(=O)(=O)CC)n1. The first-order valence-corrected chi connectivity index (χ1v) is 6.61. The van der Waals surface area contributed by atoms with Crippen molar-refractivity contribution in [2.45, 2.75) is 31.3 Å². The van der Waals surface area contributed by atoms with Crippen LogP contribution in [0.1, 0.15) is 32.0 Å². The Bertz CT molecular complexity index is 429. The van der Waals surface area contributed by atoms with E-state index in [1.165, 1.54) is 6.07 Å². The lowest BCUT2D eigenvalue weighted by atomic mass is 10.1. The van der Waals surface area contributed by atoms with Gasteiger partial charge in [0.2, 0.25) is 0 Å². The summed E-state index contributed by atoms with van der Waals surface area (Å²) in [6, 6.07) is 4.74. The first-order valence-electron chi connectivity index (χ1n) is 4.96. The summed E-state index contributed by atoms with van der Waals surface area (Å²) in [6.07, 6.45) is 0.739. The maximum atomic E-state index is 11.6. The van der Waals surface area contributed by atoms with Crippen LogP contribution in [0.4, 0.5) is 0 Å². The maximum absolute atomic E-state index is 11.6. The maximum Gasteiger partial charge on any atom is 0.195 e. The topological polar surface area (TPSA) is 73.1 Å². The second kappa shape index (κ2) is 4.72. The Hall–Kier alpha value is -0.940. The number of nitrogens with two attached hydrogens (primary N) is 1. The van der Waals surface area contributed by atoms with Gasteiger partial charge in [0.15, 0.2) is 14.9 Å². The van der Waals surface area contributed by atoms with Crippen molar-refractivity contribution in [1.29, 1.82) is 0 Å².